The monoisotopic (exact) mass is 239 g/mol. The van der Waals surface area contributed by atoms with Gasteiger partial charge in [0.15, 0.2) is 0 Å². The summed E-state index contributed by atoms with van der Waals surface area (Å²) in [6.07, 6.45) is 0. The van der Waals surface area contributed by atoms with Gasteiger partial charge in [-0.2, -0.15) is 5.10 Å². The molecule has 6 heteroatoms. The van der Waals surface area contributed by atoms with E-state index in [1.807, 2.05) is 14.0 Å². The van der Waals surface area contributed by atoms with E-state index in [1.165, 1.54) is 0 Å². The molecule has 0 aliphatic heterocycles. The maximum atomic E-state index is 7.64. The molecule has 0 atom stereocenters. The summed E-state index contributed by atoms with van der Waals surface area (Å²) in [7, 11) is 3.54. The Morgan fingerprint density at radius 1 is 1.59 bits per heavy atom. The number of nitrogens with zero attached hydrogens (tertiary/aromatic N) is 3. The molecule has 0 aromatic carbocycles. The third-order valence-electron chi connectivity index (χ3n) is 2.71. The summed E-state index contributed by atoms with van der Waals surface area (Å²) in [5.41, 5.74) is 7.12. The molecule has 1 aromatic rings. The van der Waals surface area contributed by atoms with Crippen LogP contribution in [0.2, 0.25) is 0 Å². The van der Waals surface area contributed by atoms with Crippen LogP contribution < -0.4 is 10.6 Å². The van der Waals surface area contributed by atoms with E-state index in [-0.39, 0.29) is 5.84 Å². The van der Waals surface area contributed by atoms with E-state index in [9.17, 15) is 0 Å². The summed E-state index contributed by atoms with van der Waals surface area (Å²) in [5.74, 6) is 0.941. The van der Waals surface area contributed by atoms with Crippen LogP contribution in [0.4, 0.5) is 5.82 Å². The van der Waals surface area contributed by atoms with Crippen LogP contribution in [0.1, 0.15) is 18.2 Å². The molecule has 0 amide bonds. The Balaban J connectivity index is 3.13. The minimum absolute atomic E-state index is 0.0569. The molecule has 1 aromatic heterocycles. The molecule has 0 saturated heterocycles. The number of anilines is 1. The average Bonchev–Trinajstić information content (AvgIpc) is 2.55. The van der Waals surface area contributed by atoms with E-state index in [4.69, 9.17) is 15.9 Å². The molecular formula is C11H21N5O. The smallest absolute Gasteiger partial charge is 0.137 e. The maximum Gasteiger partial charge on any atom is 0.137 e. The van der Waals surface area contributed by atoms with Crippen molar-refractivity contribution in [2.45, 2.75) is 13.8 Å². The van der Waals surface area contributed by atoms with Crippen LogP contribution in [0.25, 0.3) is 0 Å². The first-order valence-corrected chi connectivity index (χ1v) is 5.64. The molecule has 0 saturated carbocycles. The lowest BCUT2D eigenvalue weighted by Gasteiger charge is -2.23. The standard InChI is InChI=1S/C11H21N5O/c1-5-16(6-7-17-4)11-9(10(12)13)8(2)14-15(11)3/h5-7H2,1-4H3,(H3,12,13). The van der Waals surface area contributed by atoms with E-state index >= 15 is 0 Å². The van der Waals surface area contributed by atoms with E-state index < -0.39 is 0 Å². The first kappa shape index (κ1) is 13.5. The van der Waals surface area contributed by atoms with Gasteiger partial charge in [0.2, 0.25) is 0 Å². The Hall–Kier alpha value is -1.56. The Bertz CT molecular complexity index is 399. The number of rotatable bonds is 6. The fourth-order valence-corrected chi connectivity index (χ4v) is 1.94. The lowest BCUT2D eigenvalue weighted by Crippen LogP contribution is -2.31. The summed E-state index contributed by atoms with van der Waals surface area (Å²) in [5, 5.41) is 12.0. The summed E-state index contributed by atoms with van der Waals surface area (Å²) >= 11 is 0. The highest BCUT2D eigenvalue weighted by atomic mass is 16.5. The molecular weight excluding hydrogens is 218 g/mol. The topological polar surface area (TPSA) is 80.2 Å². The first-order chi connectivity index (χ1) is 8.02. The van der Waals surface area contributed by atoms with Crippen molar-refractivity contribution >= 4 is 11.7 Å². The van der Waals surface area contributed by atoms with Crippen molar-refractivity contribution in [3.05, 3.63) is 11.3 Å². The van der Waals surface area contributed by atoms with Crippen molar-refractivity contribution in [3.63, 3.8) is 0 Å². The summed E-state index contributed by atoms with van der Waals surface area (Å²) < 4.78 is 6.86. The number of nitrogens with one attached hydrogen (secondary N) is 1. The van der Waals surface area contributed by atoms with Gasteiger partial charge < -0.3 is 15.4 Å². The Morgan fingerprint density at radius 2 is 2.24 bits per heavy atom. The predicted molar refractivity (Wildman–Crippen MR) is 68.7 cm³/mol. The predicted octanol–water partition coefficient (Wildman–Crippen LogP) is 0.485. The van der Waals surface area contributed by atoms with Crippen molar-refractivity contribution in [3.8, 4) is 0 Å². The number of nitrogen functional groups attached to an aromatic ring is 1. The Morgan fingerprint density at radius 3 is 2.71 bits per heavy atom. The number of aryl methyl sites for hydroxylation is 2. The lowest BCUT2D eigenvalue weighted by atomic mass is 10.2. The first-order valence-electron chi connectivity index (χ1n) is 5.64. The quantitative estimate of drug-likeness (QED) is 0.559. The van der Waals surface area contributed by atoms with Crippen LogP contribution >= 0.6 is 0 Å². The minimum Gasteiger partial charge on any atom is -0.384 e. The van der Waals surface area contributed by atoms with Gasteiger partial charge in [0.05, 0.1) is 17.9 Å². The molecule has 17 heavy (non-hydrogen) atoms. The van der Waals surface area contributed by atoms with Crippen molar-refractivity contribution in [1.29, 1.82) is 5.41 Å². The number of likely N-dealkylation sites (N-methyl/N-ethyl adjacent to an activating group) is 1. The summed E-state index contributed by atoms with van der Waals surface area (Å²) in [6.45, 7) is 6.14. The summed E-state index contributed by atoms with van der Waals surface area (Å²) in [6, 6.07) is 0. The van der Waals surface area contributed by atoms with Crippen LogP contribution in [-0.2, 0) is 11.8 Å². The van der Waals surface area contributed by atoms with Crippen LogP contribution in [0.15, 0.2) is 0 Å². The highest BCUT2D eigenvalue weighted by Gasteiger charge is 2.20. The van der Waals surface area contributed by atoms with Crippen molar-refractivity contribution in [2.75, 3.05) is 31.7 Å². The molecule has 6 nitrogen and oxygen atoms in total. The largest absolute Gasteiger partial charge is 0.384 e. The van der Waals surface area contributed by atoms with E-state index in [0.29, 0.717) is 12.2 Å². The number of methoxy groups -OCH3 is 1. The number of hydrogen-bond donors (Lipinski definition) is 2. The van der Waals surface area contributed by atoms with Gasteiger partial charge in [0, 0.05) is 27.2 Å². The fraction of sp³-hybridized carbons (Fsp3) is 0.636. The molecule has 1 heterocycles. The highest BCUT2D eigenvalue weighted by molar-refractivity contribution is 6.00. The Labute approximate surface area is 102 Å². The number of amidine groups is 1. The zero-order chi connectivity index (χ0) is 13.0. The third kappa shape index (κ3) is 2.76. The molecule has 0 fully saturated rings. The number of nitrogens with two attached hydrogens (primary N) is 1. The van der Waals surface area contributed by atoms with Crippen LogP contribution in [0.5, 0.6) is 0 Å². The normalized spacial score (nSPS) is 10.6. The number of hydrogen-bond acceptors (Lipinski definition) is 4. The molecule has 0 aliphatic rings. The Kier molecular flexibility index (Phi) is 4.51. The minimum atomic E-state index is 0.0569. The van der Waals surface area contributed by atoms with Crippen molar-refractivity contribution in [2.24, 2.45) is 12.8 Å². The van der Waals surface area contributed by atoms with Crippen LogP contribution in [-0.4, -0.2) is 42.4 Å². The second-order valence-electron chi connectivity index (χ2n) is 3.89. The van der Waals surface area contributed by atoms with Gasteiger partial charge >= 0.3 is 0 Å². The number of aromatic nitrogens is 2. The van der Waals surface area contributed by atoms with Gasteiger partial charge in [0.1, 0.15) is 11.7 Å². The second-order valence-corrected chi connectivity index (χ2v) is 3.89. The van der Waals surface area contributed by atoms with E-state index in [0.717, 1.165) is 24.6 Å². The van der Waals surface area contributed by atoms with Gasteiger partial charge in [-0.3, -0.25) is 10.1 Å². The van der Waals surface area contributed by atoms with Gasteiger partial charge in [-0.1, -0.05) is 0 Å². The highest BCUT2D eigenvalue weighted by Crippen LogP contribution is 2.22. The van der Waals surface area contributed by atoms with Crippen molar-refractivity contribution in [1.82, 2.24) is 9.78 Å². The molecule has 0 unspecified atom stereocenters. The molecule has 3 N–H and O–H groups in total. The average molecular weight is 239 g/mol. The fourth-order valence-electron chi connectivity index (χ4n) is 1.94. The zero-order valence-corrected chi connectivity index (χ0v) is 10.9. The molecule has 0 spiro atoms. The molecule has 0 radical (unpaired) electrons. The van der Waals surface area contributed by atoms with Crippen molar-refractivity contribution < 1.29 is 4.74 Å². The zero-order valence-electron chi connectivity index (χ0n) is 10.9. The van der Waals surface area contributed by atoms with E-state index in [2.05, 4.69) is 16.9 Å². The maximum absolute atomic E-state index is 7.64. The van der Waals surface area contributed by atoms with Gasteiger partial charge in [-0.25, -0.2) is 0 Å². The van der Waals surface area contributed by atoms with Crippen LogP contribution in [0.3, 0.4) is 0 Å². The molecule has 96 valence electrons. The van der Waals surface area contributed by atoms with Gasteiger partial charge in [-0.15, -0.1) is 0 Å². The molecule has 0 bridgehead atoms. The molecule has 0 aliphatic carbocycles. The van der Waals surface area contributed by atoms with Gasteiger partial charge in [-0.05, 0) is 13.8 Å². The summed E-state index contributed by atoms with van der Waals surface area (Å²) in [4.78, 5) is 2.11. The van der Waals surface area contributed by atoms with E-state index in [1.54, 1.807) is 11.8 Å². The number of ether oxygens (including phenoxy) is 1. The second kappa shape index (κ2) is 5.67. The van der Waals surface area contributed by atoms with Gasteiger partial charge in [0.25, 0.3) is 0 Å². The SMILES string of the molecule is CCN(CCOC)c1c(C(=N)N)c(C)nn1C. The molecule has 1 rings (SSSR count). The lowest BCUT2D eigenvalue weighted by molar-refractivity contribution is 0.205. The third-order valence-corrected chi connectivity index (χ3v) is 2.71. The van der Waals surface area contributed by atoms with Crippen LogP contribution in [0, 0.1) is 12.3 Å².